The van der Waals surface area contributed by atoms with Gasteiger partial charge in [0.05, 0.1) is 12.3 Å². The lowest BCUT2D eigenvalue weighted by Crippen LogP contribution is -2.41. The Balaban J connectivity index is 0.00000729. The van der Waals surface area contributed by atoms with Crippen LogP contribution in [0.15, 0.2) is 23.2 Å². The first-order valence-corrected chi connectivity index (χ1v) is 11.5. The molecular weight excluding hydrogens is 494 g/mol. The molecule has 0 radical (unpaired) electrons. The summed E-state index contributed by atoms with van der Waals surface area (Å²) in [7, 11) is -1.11. The Hall–Kier alpha value is -0.940. The van der Waals surface area contributed by atoms with Gasteiger partial charge in [0.2, 0.25) is 0 Å². The Morgan fingerprint density at radius 3 is 2.50 bits per heavy atom. The van der Waals surface area contributed by atoms with Gasteiger partial charge < -0.3 is 15.5 Å². The van der Waals surface area contributed by atoms with Crippen LogP contribution in [0.4, 0.5) is 4.39 Å². The van der Waals surface area contributed by atoms with E-state index in [4.69, 9.17) is 0 Å². The fourth-order valence-corrected chi connectivity index (χ4v) is 3.42. The summed E-state index contributed by atoms with van der Waals surface area (Å²) >= 11 is 0. The van der Waals surface area contributed by atoms with Crippen molar-refractivity contribution in [3.05, 3.63) is 35.1 Å². The lowest BCUT2D eigenvalue weighted by molar-refractivity contribution is 0.332. The zero-order valence-electron chi connectivity index (χ0n) is 17.3. The molecule has 0 spiro atoms. The Kier molecular flexibility index (Phi) is 13.6. The molecule has 0 aliphatic rings. The third-order valence-corrected chi connectivity index (χ3v) is 4.85. The van der Waals surface area contributed by atoms with Gasteiger partial charge in [-0.2, -0.15) is 0 Å². The minimum atomic E-state index is -3.20. The third-order valence-electron chi connectivity index (χ3n) is 4.02. The molecule has 1 rings (SSSR count). The summed E-state index contributed by atoms with van der Waals surface area (Å²) in [4.78, 5) is 6.75. The topological polar surface area (TPSA) is 73.8 Å². The molecule has 6 nitrogen and oxygen atoms in total. The average molecular weight is 528 g/mol. The van der Waals surface area contributed by atoms with Gasteiger partial charge >= 0.3 is 0 Å². The van der Waals surface area contributed by atoms with Crippen LogP contribution in [-0.2, 0) is 22.1 Å². The number of rotatable bonds is 11. The summed E-state index contributed by atoms with van der Waals surface area (Å²) in [6.45, 7) is 7.76. The van der Waals surface area contributed by atoms with Crippen LogP contribution in [0.2, 0.25) is 0 Å². The van der Waals surface area contributed by atoms with Gasteiger partial charge in [-0.1, -0.05) is 19.4 Å². The molecule has 0 saturated heterocycles. The van der Waals surface area contributed by atoms with E-state index in [-0.39, 0.29) is 36.3 Å². The van der Waals surface area contributed by atoms with E-state index in [0.29, 0.717) is 23.6 Å². The molecule has 0 unspecified atom stereocenters. The van der Waals surface area contributed by atoms with Crippen LogP contribution >= 0.6 is 24.0 Å². The summed E-state index contributed by atoms with van der Waals surface area (Å²) in [5.41, 5.74) is 1.16. The van der Waals surface area contributed by atoms with E-state index in [1.165, 1.54) is 37.3 Å². The van der Waals surface area contributed by atoms with Gasteiger partial charge in [-0.15, -0.1) is 24.0 Å². The number of nitrogens with one attached hydrogen (secondary N) is 2. The third kappa shape index (κ3) is 11.8. The van der Waals surface area contributed by atoms with Crippen molar-refractivity contribution in [2.75, 3.05) is 39.5 Å². The van der Waals surface area contributed by atoms with Gasteiger partial charge in [-0.05, 0) is 50.2 Å². The van der Waals surface area contributed by atoms with E-state index in [9.17, 15) is 12.8 Å². The second-order valence-electron chi connectivity index (χ2n) is 6.76. The maximum atomic E-state index is 13.6. The van der Waals surface area contributed by atoms with Gasteiger partial charge in [0, 0.05) is 25.9 Å². The molecule has 9 heteroatoms. The van der Waals surface area contributed by atoms with Crippen molar-refractivity contribution in [1.29, 1.82) is 0 Å². The first-order chi connectivity index (χ1) is 12.7. The first-order valence-electron chi connectivity index (χ1n) is 9.41. The zero-order valence-corrected chi connectivity index (χ0v) is 20.4. The predicted octanol–water partition coefficient (Wildman–Crippen LogP) is 2.78. The minimum Gasteiger partial charge on any atom is -0.357 e. The molecule has 28 heavy (non-hydrogen) atoms. The molecule has 0 aliphatic heterocycles. The number of halogens is 2. The average Bonchev–Trinajstić information content (AvgIpc) is 2.58. The number of nitrogens with zero attached hydrogens (tertiary/aromatic N) is 2. The number of hydrogen-bond donors (Lipinski definition) is 2. The molecule has 0 aromatic heterocycles. The molecule has 1 aromatic carbocycles. The van der Waals surface area contributed by atoms with E-state index in [2.05, 4.69) is 34.5 Å². The van der Waals surface area contributed by atoms with Gasteiger partial charge in [0.1, 0.15) is 5.82 Å². The summed E-state index contributed by atoms with van der Waals surface area (Å²) in [6, 6.07) is 4.15. The SMILES string of the molecule is CCCCN(C)CCNC(=NCc1cc(F)ccc1CS(C)(=O)=O)NCC.I. The summed E-state index contributed by atoms with van der Waals surface area (Å²) < 4.78 is 36.8. The lowest BCUT2D eigenvalue weighted by Gasteiger charge is -2.18. The molecule has 0 atom stereocenters. The minimum absolute atomic E-state index is 0. The molecule has 0 amide bonds. The van der Waals surface area contributed by atoms with E-state index >= 15 is 0 Å². The molecule has 0 aliphatic carbocycles. The number of hydrogen-bond acceptors (Lipinski definition) is 4. The van der Waals surface area contributed by atoms with Gasteiger partial charge in [0.15, 0.2) is 15.8 Å². The zero-order chi connectivity index (χ0) is 20.3. The van der Waals surface area contributed by atoms with Crippen molar-refractivity contribution in [3.63, 3.8) is 0 Å². The fourth-order valence-electron chi connectivity index (χ4n) is 2.58. The highest BCUT2D eigenvalue weighted by atomic mass is 127. The molecule has 0 heterocycles. The van der Waals surface area contributed by atoms with Crippen LogP contribution in [0.25, 0.3) is 0 Å². The number of unbranched alkanes of at least 4 members (excludes halogenated alkanes) is 1. The van der Waals surface area contributed by atoms with Crippen LogP contribution < -0.4 is 10.6 Å². The van der Waals surface area contributed by atoms with Crippen LogP contribution in [0.1, 0.15) is 37.8 Å². The van der Waals surface area contributed by atoms with Crippen molar-refractivity contribution >= 4 is 39.8 Å². The van der Waals surface area contributed by atoms with Gasteiger partial charge in [-0.25, -0.2) is 17.8 Å². The second kappa shape index (κ2) is 14.1. The Labute approximate surface area is 186 Å². The van der Waals surface area contributed by atoms with Crippen LogP contribution in [0.5, 0.6) is 0 Å². The highest BCUT2D eigenvalue weighted by Gasteiger charge is 2.11. The Morgan fingerprint density at radius 2 is 1.89 bits per heavy atom. The van der Waals surface area contributed by atoms with Crippen molar-refractivity contribution < 1.29 is 12.8 Å². The molecular formula is C19H34FIN4O2S. The number of sulfone groups is 1. The molecule has 1 aromatic rings. The summed E-state index contributed by atoms with van der Waals surface area (Å²) in [5.74, 6) is 0.119. The molecule has 2 N–H and O–H groups in total. The van der Waals surface area contributed by atoms with Crippen LogP contribution in [0.3, 0.4) is 0 Å². The van der Waals surface area contributed by atoms with E-state index in [1.807, 2.05) is 6.92 Å². The number of likely N-dealkylation sites (N-methyl/N-ethyl adjacent to an activating group) is 1. The number of guanidine groups is 1. The monoisotopic (exact) mass is 528 g/mol. The van der Waals surface area contributed by atoms with Crippen molar-refractivity contribution in [1.82, 2.24) is 15.5 Å². The normalized spacial score (nSPS) is 12.0. The van der Waals surface area contributed by atoms with Crippen LogP contribution in [0, 0.1) is 5.82 Å². The van der Waals surface area contributed by atoms with Crippen LogP contribution in [-0.4, -0.2) is 58.8 Å². The Morgan fingerprint density at radius 1 is 1.18 bits per heavy atom. The maximum absolute atomic E-state index is 13.6. The molecule has 0 fully saturated rings. The van der Waals surface area contributed by atoms with Crippen molar-refractivity contribution in [2.45, 2.75) is 39.0 Å². The summed E-state index contributed by atoms with van der Waals surface area (Å²) in [5, 5.41) is 6.43. The fraction of sp³-hybridized carbons (Fsp3) is 0.632. The van der Waals surface area contributed by atoms with E-state index in [1.54, 1.807) is 0 Å². The standard InChI is InChI=1S/C19H33FN4O2S.HI/c1-5-7-11-24(3)12-10-22-19(21-6-2)23-14-17-13-18(20)9-8-16(17)15-27(4,25)26;/h8-9,13H,5-7,10-12,14-15H2,1-4H3,(H2,21,22,23);1H. The second-order valence-corrected chi connectivity index (χ2v) is 8.90. The van der Waals surface area contributed by atoms with Crippen molar-refractivity contribution in [2.24, 2.45) is 4.99 Å². The maximum Gasteiger partial charge on any atom is 0.191 e. The Bertz CT molecular complexity index is 714. The largest absolute Gasteiger partial charge is 0.357 e. The number of aliphatic imine (C=N–C) groups is 1. The smallest absolute Gasteiger partial charge is 0.191 e. The molecule has 0 bridgehead atoms. The summed E-state index contributed by atoms with van der Waals surface area (Å²) in [6.07, 6.45) is 3.52. The molecule has 0 saturated carbocycles. The predicted molar refractivity (Wildman–Crippen MR) is 126 cm³/mol. The highest BCUT2D eigenvalue weighted by molar-refractivity contribution is 14.0. The molecule has 162 valence electrons. The lowest BCUT2D eigenvalue weighted by atomic mass is 10.1. The van der Waals surface area contributed by atoms with Gasteiger partial charge in [-0.3, -0.25) is 0 Å². The quantitative estimate of drug-likeness (QED) is 0.263. The first kappa shape index (κ1) is 27.1. The van der Waals surface area contributed by atoms with E-state index in [0.717, 1.165) is 19.6 Å². The van der Waals surface area contributed by atoms with Gasteiger partial charge in [0.25, 0.3) is 0 Å². The van der Waals surface area contributed by atoms with Crippen molar-refractivity contribution in [3.8, 4) is 0 Å². The highest BCUT2D eigenvalue weighted by Crippen LogP contribution is 2.15. The number of benzene rings is 1. The van der Waals surface area contributed by atoms with E-state index < -0.39 is 15.7 Å².